The molecule has 19 heavy (non-hydrogen) atoms. The Kier molecular flexibility index (Phi) is 5.05. The van der Waals surface area contributed by atoms with Gasteiger partial charge in [-0.3, -0.25) is 0 Å². The summed E-state index contributed by atoms with van der Waals surface area (Å²) in [5, 5.41) is 0. The minimum absolute atomic E-state index is 0.748. The van der Waals surface area contributed by atoms with Crippen LogP contribution in [0.3, 0.4) is 0 Å². The summed E-state index contributed by atoms with van der Waals surface area (Å²) in [6, 6.07) is 5.90. The number of nitrogens with zero attached hydrogens (tertiary/aromatic N) is 1. The van der Waals surface area contributed by atoms with Crippen molar-refractivity contribution in [2.24, 2.45) is 5.92 Å². The van der Waals surface area contributed by atoms with Crippen LogP contribution in [0.25, 0.3) is 0 Å². The Balaban J connectivity index is 1.88. The number of rotatable bonds is 5. The maximum absolute atomic E-state index is 6.05. The van der Waals surface area contributed by atoms with Crippen molar-refractivity contribution in [3.63, 3.8) is 0 Å². The molecule has 0 unspecified atom stereocenters. The highest BCUT2D eigenvalue weighted by atomic mass is 16.5. The minimum atomic E-state index is 0.748. The van der Waals surface area contributed by atoms with E-state index in [1.54, 1.807) is 7.11 Å². The average Bonchev–Trinajstić information content (AvgIpc) is 2.42. The van der Waals surface area contributed by atoms with E-state index in [9.17, 15) is 0 Å². The molecule has 1 fully saturated rings. The standard InChI is InChI=1S/C15H24N2O2/c1-17(10-12-5-7-19-8-6-12)11-13-3-4-14(18-2)9-15(13)16/h3-4,9,12H,5-8,10-11,16H2,1-2H3. The smallest absolute Gasteiger partial charge is 0.120 e. The molecule has 1 saturated heterocycles. The third kappa shape index (κ3) is 4.11. The predicted octanol–water partition coefficient (Wildman–Crippen LogP) is 2.14. The van der Waals surface area contributed by atoms with Crippen molar-refractivity contribution in [3.05, 3.63) is 23.8 Å². The molecule has 0 bridgehead atoms. The van der Waals surface area contributed by atoms with Crippen molar-refractivity contribution < 1.29 is 9.47 Å². The van der Waals surface area contributed by atoms with E-state index in [0.717, 1.165) is 49.2 Å². The van der Waals surface area contributed by atoms with Gasteiger partial charge in [0.25, 0.3) is 0 Å². The number of benzene rings is 1. The molecule has 2 rings (SSSR count). The predicted molar refractivity (Wildman–Crippen MR) is 77.3 cm³/mol. The lowest BCUT2D eigenvalue weighted by molar-refractivity contribution is 0.0550. The molecular formula is C15H24N2O2. The Hall–Kier alpha value is -1.26. The van der Waals surface area contributed by atoms with Gasteiger partial charge in [0.2, 0.25) is 0 Å². The molecule has 4 nitrogen and oxygen atoms in total. The molecule has 0 aliphatic carbocycles. The lowest BCUT2D eigenvalue weighted by atomic mass is 9.99. The van der Waals surface area contributed by atoms with Gasteiger partial charge in [-0.1, -0.05) is 6.07 Å². The molecule has 1 aliphatic heterocycles. The third-order valence-electron chi connectivity index (χ3n) is 3.70. The third-order valence-corrected chi connectivity index (χ3v) is 3.70. The van der Waals surface area contributed by atoms with Gasteiger partial charge < -0.3 is 20.1 Å². The number of hydrogen-bond donors (Lipinski definition) is 1. The monoisotopic (exact) mass is 264 g/mol. The SMILES string of the molecule is COc1ccc(CN(C)CC2CCOCC2)c(N)c1. The van der Waals surface area contributed by atoms with Crippen LogP contribution in [0.2, 0.25) is 0 Å². The first kappa shape index (κ1) is 14.2. The molecule has 4 heteroatoms. The summed E-state index contributed by atoms with van der Waals surface area (Å²) in [5.41, 5.74) is 8.02. The number of hydrogen-bond acceptors (Lipinski definition) is 4. The van der Waals surface area contributed by atoms with Crippen molar-refractivity contribution >= 4 is 5.69 Å². The van der Waals surface area contributed by atoms with Crippen LogP contribution in [-0.2, 0) is 11.3 Å². The van der Waals surface area contributed by atoms with Crippen LogP contribution in [0.15, 0.2) is 18.2 Å². The number of anilines is 1. The zero-order valence-corrected chi connectivity index (χ0v) is 11.9. The lowest BCUT2D eigenvalue weighted by Gasteiger charge is -2.27. The first-order chi connectivity index (χ1) is 9.19. The highest BCUT2D eigenvalue weighted by molar-refractivity contribution is 5.51. The van der Waals surface area contributed by atoms with Gasteiger partial charge in [0.05, 0.1) is 7.11 Å². The molecule has 1 aromatic rings. The Morgan fingerprint density at radius 3 is 2.74 bits per heavy atom. The number of methoxy groups -OCH3 is 1. The Bertz CT molecular complexity index is 403. The van der Waals surface area contributed by atoms with Crippen molar-refractivity contribution in [2.75, 3.05) is 39.6 Å². The van der Waals surface area contributed by atoms with Crippen LogP contribution < -0.4 is 10.5 Å². The molecule has 0 aromatic heterocycles. The summed E-state index contributed by atoms with van der Waals surface area (Å²) in [4.78, 5) is 2.34. The van der Waals surface area contributed by atoms with Gasteiger partial charge in [-0.25, -0.2) is 0 Å². The van der Waals surface area contributed by atoms with Gasteiger partial charge >= 0.3 is 0 Å². The molecule has 1 heterocycles. The largest absolute Gasteiger partial charge is 0.497 e. The van der Waals surface area contributed by atoms with Crippen molar-refractivity contribution in [1.29, 1.82) is 0 Å². The fourth-order valence-electron chi connectivity index (χ4n) is 2.57. The Morgan fingerprint density at radius 1 is 1.37 bits per heavy atom. The average molecular weight is 264 g/mol. The lowest BCUT2D eigenvalue weighted by Crippen LogP contribution is -2.29. The van der Waals surface area contributed by atoms with Crippen molar-refractivity contribution in [1.82, 2.24) is 4.90 Å². The van der Waals surface area contributed by atoms with E-state index >= 15 is 0 Å². The second-order valence-corrected chi connectivity index (χ2v) is 5.32. The van der Waals surface area contributed by atoms with E-state index in [4.69, 9.17) is 15.2 Å². The van der Waals surface area contributed by atoms with Gasteiger partial charge in [-0.05, 0) is 37.4 Å². The molecule has 0 atom stereocenters. The van der Waals surface area contributed by atoms with E-state index in [-0.39, 0.29) is 0 Å². The molecule has 1 aromatic carbocycles. The minimum Gasteiger partial charge on any atom is -0.497 e. The van der Waals surface area contributed by atoms with E-state index in [2.05, 4.69) is 18.0 Å². The second kappa shape index (κ2) is 6.78. The van der Waals surface area contributed by atoms with Gasteiger partial charge in [-0.15, -0.1) is 0 Å². The summed E-state index contributed by atoms with van der Waals surface area (Å²) >= 11 is 0. The number of ether oxygens (including phenoxy) is 2. The van der Waals surface area contributed by atoms with Gasteiger partial charge in [-0.2, -0.15) is 0 Å². The van der Waals surface area contributed by atoms with Crippen LogP contribution in [0.5, 0.6) is 5.75 Å². The summed E-state index contributed by atoms with van der Waals surface area (Å²) in [6.07, 6.45) is 2.34. The van der Waals surface area contributed by atoms with Crippen molar-refractivity contribution in [3.8, 4) is 5.75 Å². The molecule has 0 spiro atoms. The molecular weight excluding hydrogens is 240 g/mol. The zero-order valence-electron chi connectivity index (χ0n) is 11.9. The topological polar surface area (TPSA) is 47.7 Å². The molecule has 0 amide bonds. The van der Waals surface area contributed by atoms with E-state index in [0.29, 0.717) is 0 Å². The first-order valence-electron chi connectivity index (χ1n) is 6.87. The highest BCUT2D eigenvalue weighted by Gasteiger charge is 2.16. The highest BCUT2D eigenvalue weighted by Crippen LogP contribution is 2.22. The van der Waals surface area contributed by atoms with Crippen molar-refractivity contribution in [2.45, 2.75) is 19.4 Å². The molecule has 106 valence electrons. The summed E-state index contributed by atoms with van der Waals surface area (Å²) in [6.45, 7) is 3.80. The van der Waals surface area contributed by atoms with Gasteiger partial charge in [0.1, 0.15) is 5.75 Å². The maximum atomic E-state index is 6.05. The van der Waals surface area contributed by atoms with Crippen LogP contribution >= 0.6 is 0 Å². The van der Waals surface area contributed by atoms with Gasteiger partial charge in [0.15, 0.2) is 0 Å². The fourth-order valence-corrected chi connectivity index (χ4v) is 2.57. The Morgan fingerprint density at radius 2 is 2.11 bits per heavy atom. The van der Waals surface area contributed by atoms with E-state index < -0.39 is 0 Å². The molecule has 0 saturated carbocycles. The van der Waals surface area contributed by atoms with Crippen LogP contribution in [-0.4, -0.2) is 38.8 Å². The molecule has 0 radical (unpaired) electrons. The van der Waals surface area contributed by atoms with Gasteiger partial charge in [0, 0.05) is 38.1 Å². The Labute approximate surface area is 115 Å². The van der Waals surface area contributed by atoms with Crippen LogP contribution in [0.1, 0.15) is 18.4 Å². The number of nitrogen functional groups attached to an aromatic ring is 1. The summed E-state index contributed by atoms with van der Waals surface area (Å²) < 4.78 is 10.6. The van der Waals surface area contributed by atoms with E-state index in [1.807, 2.05) is 12.1 Å². The normalized spacial score (nSPS) is 16.8. The van der Waals surface area contributed by atoms with Crippen LogP contribution in [0.4, 0.5) is 5.69 Å². The molecule has 1 aliphatic rings. The fraction of sp³-hybridized carbons (Fsp3) is 0.600. The van der Waals surface area contributed by atoms with Crippen LogP contribution in [0, 0.1) is 5.92 Å². The zero-order chi connectivity index (χ0) is 13.7. The maximum Gasteiger partial charge on any atom is 0.120 e. The molecule has 2 N–H and O–H groups in total. The quantitative estimate of drug-likeness (QED) is 0.828. The summed E-state index contributed by atoms with van der Waals surface area (Å²) in [7, 11) is 3.81. The second-order valence-electron chi connectivity index (χ2n) is 5.32. The van der Waals surface area contributed by atoms with E-state index in [1.165, 1.54) is 12.8 Å². The summed E-state index contributed by atoms with van der Waals surface area (Å²) in [5.74, 6) is 1.56. The number of nitrogens with two attached hydrogens (primary N) is 1. The first-order valence-corrected chi connectivity index (χ1v) is 6.87.